The van der Waals surface area contributed by atoms with Crippen molar-refractivity contribution in [2.24, 2.45) is 7.05 Å². The lowest BCUT2D eigenvalue weighted by Crippen LogP contribution is -2.03. The predicted molar refractivity (Wildman–Crippen MR) is 80.7 cm³/mol. The molecular formula is C14H18BrN3O. The highest BCUT2D eigenvalue weighted by molar-refractivity contribution is 9.10. The first-order chi connectivity index (χ1) is 9.02. The zero-order valence-corrected chi connectivity index (χ0v) is 13.2. The van der Waals surface area contributed by atoms with Gasteiger partial charge in [0.15, 0.2) is 0 Å². The molecule has 2 aromatic rings. The minimum atomic E-state index is 0.704. The smallest absolute Gasteiger partial charge is 0.123 e. The Labute approximate surface area is 121 Å². The number of benzene rings is 1. The molecule has 0 spiro atoms. The summed E-state index contributed by atoms with van der Waals surface area (Å²) in [5.41, 5.74) is 4.34. The van der Waals surface area contributed by atoms with Crippen molar-refractivity contribution in [2.45, 2.75) is 20.4 Å². The molecular weight excluding hydrogens is 306 g/mol. The van der Waals surface area contributed by atoms with Gasteiger partial charge in [0.25, 0.3) is 0 Å². The number of hydrogen-bond donors (Lipinski definition) is 1. The summed E-state index contributed by atoms with van der Waals surface area (Å²) >= 11 is 3.48. The lowest BCUT2D eigenvalue weighted by Gasteiger charge is -2.11. The zero-order chi connectivity index (χ0) is 14.0. The molecule has 5 heteroatoms. The molecule has 0 bridgehead atoms. The van der Waals surface area contributed by atoms with Crippen molar-refractivity contribution >= 4 is 21.6 Å². The molecule has 0 radical (unpaired) electrons. The Morgan fingerprint density at radius 2 is 2.11 bits per heavy atom. The topological polar surface area (TPSA) is 39.1 Å². The van der Waals surface area contributed by atoms with Crippen molar-refractivity contribution in [1.29, 1.82) is 0 Å². The van der Waals surface area contributed by atoms with Gasteiger partial charge in [-0.1, -0.05) is 15.9 Å². The molecule has 0 atom stereocenters. The fourth-order valence-electron chi connectivity index (χ4n) is 2.10. The van der Waals surface area contributed by atoms with Gasteiger partial charge < -0.3 is 10.1 Å². The molecule has 0 saturated carbocycles. The Morgan fingerprint density at radius 3 is 2.68 bits per heavy atom. The number of rotatable bonds is 4. The number of nitrogens with zero attached hydrogens (tertiary/aromatic N) is 2. The lowest BCUT2D eigenvalue weighted by molar-refractivity contribution is 0.410. The molecule has 0 fully saturated rings. The second-order valence-corrected chi connectivity index (χ2v) is 5.39. The van der Waals surface area contributed by atoms with Crippen LogP contribution in [0.4, 0.5) is 5.69 Å². The highest BCUT2D eigenvalue weighted by atomic mass is 79.9. The summed E-state index contributed by atoms with van der Waals surface area (Å²) < 4.78 is 8.30. The van der Waals surface area contributed by atoms with Crippen molar-refractivity contribution in [3.05, 3.63) is 39.6 Å². The minimum Gasteiger partial charge on any atom is -0.496 e. The van der Waals surface area contributed by atoms with E-state index in [0.717, 1.165) is 32.9 Å². The van der Waals surface area contributed by atoms with E-state index in [9.17, 15) is 0 Å². The molecule has 1 aromatic heterocycles. The van der Waals surface area contributed by atoms with Crippen LogP contribution in [0.3, 0.4) is 0 Å². The van der Waals surface area contributed by atoms with Gasteiger partial charge in [-0.25, -0.2) is 0 Å². The molecule has 0 aliphatic carbocycles. The maximum atomic E-state index is 5.37. The Bertz CT molecular complexity index is 593. The van der Waals surface area contributed by atoms with Crippen LogP contribution in [-0.4, -0.2) is 16.9 Å². The highest BCUT2D eigenvalue weighted by Gasteiger charge is 2.10. The third kappa shape index (κ3) is 2.92. The van der Waals surface area contributed by atoms with Gasteiger partial charge in [0.2, 0.25) is 0 Å². The number of halogens is 1. The van der Waals surface area contributed by atoms with Crippen LogP contribution in [0.2, 0.25) is 0 Å². The van der Waals surface area contributed by atoms with Crippen LogP contribution in [0.1, 0.15) is 17.0 Å². The fraction of sp³-hybridized carbons (Fsp3) is 0.357. The molecule has 2 rings (SSSR count). The number of nitrogens with one attached hydrogen (secondary N) is 1. The van der Waals surface area contributed by atoms with Crippen LogP contribution in [0.15, 0.2) is 22.7 Å². The van der Waals surface area contributed by atoms with Crippen LogP contribution in [0.5, 0.6) is 5.75 Å². The molecule has 0 aliphatic heterocycles. The molecule has 1 heterocycles. The molecule has 0 aliphatic rings. The second-order valence-electron chi connectivity index (χ2n) is 4.48. The van der Waals surface area contributed by atoms with E-state index in [1.165, 1.54) is 0 Å². The van der Waals surface area contributed by atoms with Gasteiger partial charge in [-0.15, -0.1) is 0 Å². The second kappa shape index (κ2) is 5.65. The first-order valence-electron chi connectivity index (χ1n) is 6.09. The van der Waals surface area contributed by atoms with Gasteiger partial charge >= 0.3 is 0 Å². The van der Waals surface area contributed by atoms with Gasteiger partial charge in [0.05, 0.1) is 24.2 Å². The normalized spacial score (nSPS) is 10.6. The molecule has 0 amide bonds. The van der Waals surface area contributed by atoms with E-state index in [1.807, 2.05) is 30.8 Å². The van der Waals surface area contributed by atoms with Crippen LogP contribution < -0.4 is 10.1 Å². The van der Waals surface area contributed by atoms with Crippen molar-refractivity contribution in [3.63, 3.8) is 0 Å². The monoisotopic (exact) mass is 323 g/mol. The Hall–Kier alpha value is -1.49. The molecule has 4 nitrogen and oxygen atoms in total. The quantitative estimate of drug-likeness (QED) is 0.937. The van der Waals surface area contributed by atoms with E-state index in [2.05, 4.69) is 39.3 Å². The summed E-state index contributed by atoms with van der Waals surface area (Å²) in [6, 6.07) is 6.00. The maximum Gasteiger partial charge on any atom is 0.123 e. The maximum absolute atomic E-state index is 5.37. The third-order valence-electron chi connectivity index (χ3n) is 3.21. The van der Waals surface area contributed by atoms with Gasteiger partial charge in [-0.2, -0.15) is 5.10 Å². The first kappa shape index (κ1) is 13.9. The van der Waals surface area contributed by atoms with Crippen molar-refractivity contribution in [2.75, 3.05) is 12.4 Å². The van der Waals surface area contributed by atoms with Crippen molar-refractivity contribution in [3.8, 4) is 5.75 Å². The van der Waals surface area contributed by atoms with Crippen LogP contribution in [-0.2, 0) is 13.6 Å². The van der Waals surface area contributed by atoms with E-state index in [4.69, 9.17) is 4.74 Å². The summed E-state index contributed by atoms with van der Waals surface area (Å²) in [7, 11) is 3.64. The average Bonchev–Trinajstić information content (AvgIpc) is 2.61. The fourth-order valence-corrected chi connectivity index (χ4v) is 2.51. The molecule has 19 heavy (non-hydrogen) atoms. The molecule has 0 saturated heterocycles. The largest absolute Gasteiger partial charge is 0.496 e. The van der Waals surface area contributed by atoms with Crippen LogP contribution in [0, 0.1) is 13.8 Å². The van der Waals surface area contributed by atoms with Gasteiger partial charge in [0, 0.05) is 23.6 Å². The summed E-state index contributed by atoms with van der Waals surface area (Å²) in [5.74, 6) is 0.884. The van der Waals surface area contributed by atoms with Gasteiger partial charge in [-0.05, 0) is 32.0 Å². The van der Waals surface area contributed by atoms with E-state index in [-0.39, 0.29) is 0 Å². The Morgan fingerprint density at radius 1 is 1.37 bits per heavy atom. The van der Waals surface area contributed by atoms with Crippen molar-refractivity contribution < 1.29 is 4.74 Å². The number of hydrogen-bond acceptors (Lipinski definition) is 3. The Balaban J connectivity index is 2.21. The van der Waals surface area contributed by atoms with Crippen LogP contribution >= 0.6 is 15.9 Å². The summed E-state index contributed by atoms with van der Waals surface area (Å²) in [4.78, 5) is 0. The Kier molecular flexibility index (Phi) is 4.14. The molecule has 1 N–H and O–H groups in total. The summed E-state index contributed by atoms with van der Waals surface area (Å²) in [6.07, 6.45) is 0. The molecule has 102 valence electrons. The molecule has 0 unspecified atom stereocenters. The first-order valence-corrected chi connectivity index (χ1v) is 6.88. The minimum absolute atomic E-state index is 0.704. The standard InChI is InChI=1S/C14H18BrN3O/c1-9-14(10(2)18(3)17-9)16-8-11-7-12(15)5-6-13(11)19-4/h5-7,16H,8H2,1-4H3. The van der Waals surface area contributed by atoms with E-state index < -0.39 is 0 Å². The highest BCUT2D eigenvalue weighted by Crippen LogP contribution is 2.25. The van der Waals surface area contributed by atoms with Gasteiger partial charge in [-0.3, -0.25) is 4.68 Å². The van der Waals surface area contributed by atoms with E-state index in [1.54, 1.807) is 7.11 Å². The average molecular weight is 324 g/mol. The predicted octanol–water partition coefficient (Wildman–Crippen LogP) is 3.42. The molecule has 1 aromatic carbocycles. The number of aromatic nitrogens is 2. The summed E-state index contributed by atoms with van der Waals surface area (Å²) in [5, 5.41) is 7.83. The van der Waals surface area contributed by atoms with E-state index >= 15 is 0 Å². The van der Waals surface area contributed by atoms with Gasteiger partial charge in [0.1, 0.15) is 5.75 Å². The summed E-state index contributed by atoms with van der Waals surface area (Å²) in [6.45, 7) is 4.77. The van der Waals surface area contributed by atoms with Crippen molar-refractivity contribution in [1.82, 2.24) is 9.78 Å². The zero-order valence-electron chi connectivity index (χ0n) is 11.6. The SMILES string of the molecule is COc1ccc(Br)cc1CNc1c(C)nn(C)c1C. The number of anilines is 1. The number of aryl methyl sites for hydroxylation is 2. The lowest BCUT2D eigenvalue weighted by atomic mass is 10.2. The van der Waals surface area contributed by atoms with E-state index in [0.29, 0.717) is 6.54 Å². The van der Waals surface area contributed by atoms with Crippen LogP contribution in [0.25, 0.3) is 0 Å². The number of methoxy groups -OCH3 is 1. The third-order valence-corrected chi connectivity index (χ3v) is 3.70. The number of ether oxygens (including phenoxy) is 1.